The predicted octanol–water partition coefficient (Wildman–Crippen LogP) is 4.57. The van der Waals surface area contributed by atoms with Crippen molar-refractivity contribution in [3.63, 3.8) is 0 Å². The SMILES string of the molecule is CN(C)/C=C1\C(=O)N(c2cc(Cl)cc(Cl)c2)c2ccccc21. The van der Waals surface area contributed by atoms with Gasteiger partial charge in [-0.25, -0.2) is 0 Å². The number of carbonyl (C=O) groups is 1. The number of carbonyl (C=O) groups excluding carboxylic acids is 1. The summed E-state index contributed by atoms with van der Waals surface area (Å²) in [7, 11) is 3.78. The van der Waals surface area contributed by atoms with Crippen molar-refractivity contribution in [3.05, 3.63) is 64.3 Å². The van der Waals surface area contributed by atoms with E-state index in [-0.39, 0.29) is 5.91 Å². The van der Waals surface area contributed by atoms with E-state index >= 15 is 0 Å². The van der Waals surface area contributed by atoms with Crippen LogP contribution in [-0.2, 0) is 4.79 Å². The van der Waals surface area contributed by atoms with Crippen LogP contribution in [0.1, 0.15) is 5.56 Å². The zero-order valence-electron chi connectivity index (χ0n) is 12.2. The summed E-state index contributed by atoms with van der Waals surface area (Å²) in [5.41, 5.74) is 3.05. The van der Waals surface area contributed by atoms with Gasteiger partial charge in [0.2, 0.25) is 0 Å². The van der Waals surface area contributed by atoms with Crippen molar-refractivity contribution >= 4 is 46.1 Å². The Hall–Kier alpha value is -1.97. The van der Waals surface area contributed by atoms with Crippen molar-refractivity contribution in [2.75, 3.05) is 19.0 Å². The molecule has 0 aromatic heterocycles. The standard InChI is InChI=1S/C17H14Cl2N2O/c1-20(2)10-15-14-5-3-4-6-16(14)21(17(15)22)13-8-11(18)7-12(19)9-13/h3-10H,1-2H3/b15-10-. The van der Waals surface area contributed by atoms with Crippen molar-refractivity contribution in [1.82, 2.24) is 4.90 Å². The van der Waals surface area contributed by atoms with Gasteiger partial charge < -0.3 is 4.90 Å². The quantitative estimate of drug-likeness (QED) is 0.752. The van der Waals surface area contributed by atoms with Crippen molar-refractivity contribution in [1.29, 1.82) is 0 Å². The third-order valence-corrected chi connectivity index (χ3v) is 3.80. The molecule has 3 rings (SSSR count). The number of para-hydroxylation sites is 1. The van der Waals surface area contributed by atoms with Crippen LogP contribution in [0.5, 0.6) is 0 Å². The van der Waals surface area contributed by atoms with Crippen LogP contribution in [0.3, 0.4) is 0 Å². The summed E-state index contributed by atoms with van der Waals surface area (Å²) >= 11 is 12.2. The third-order valence-electron chi connectivity index (χ3n) is 3.36. The molecule has 0 spiro atoms. The largest absolute Gasteiger partial charge is 0.383 e. The van der Waals surface area contributed by atoms with Crippen molar-refractivity contribution in [2.45, 2.75) is 0 Å². The van der Waals surface area contributed by atoms with E-state index in [0.717, 1.165) is 11.3 Å². The summed E-state index contributed by atoms with van der Waals surface area (Å²) in [6.07, 6.45) is 1.83. The molecule has 0 radical (unpaired) electrons. The molecule has 1 amide bonds. The molecule has 0 atom stereocenters. The van der Waals surface area contributed by atoms with Gasteiger partial charge in [-0.1, -0.05) is 41.4 Å². The molecule has 0 unspecified atom stereocenters. The van der Waals surface area contributed by atoms with Gasteiger partial charge in [0.1, 0.15) is 0 Å². The fourth-order valence-electron chi connectivity index (χ4n) is 2.55. The Morgan fingerprint density at radius 1 is 1.05 bits per heavy atom. The first-order chi connectivity index (χ1) is 10.5. The summed E-state index contributed by atoms with van der Waals surface area (Å²) in [6.45, 7) is 0. The molecule has 2 aromatic rings. The second kappa shape index (κ2) is 5.67. The van der Waals surface area contributed by atoms with Crippen molar-refractivity contribution < 1.29 is 4.79 Å². The average molecular weight is 333 g/mol. The Morgan fingerprint density at radius 2 is 1.68 bits per heavy atom. The van der Waals surface area contributed by atoms with Crippen LogP contribution < -0.4 is 4.90 Å². The zero-order chi connectivity index (χ0) is 15.9. The summed E-state index contributed by atoms with van der Waals surface area (Å²) in [6, 6.07) is 12.8. The van der Waals surface area contributed by atoms with E-state index in [4.69, 9.17) is 23.2 Å². The van der Waals surface area contributed by atoms with E-state index in [1.54, 1.807) is 23.1 Å². The van der Waals surface area contributed by atoms with E-state index in [1.807, 2.05) is 49.5 Å². The second-order valence-corrected chi connectivity index (χ2v) is 6.16. The minimum Gasteiger partial charge on any atom is -0.383 e. The maximum Gasteiger partial charge on any atom is 0.265 e. The molecule has 22 heavy (non-hydrogen) atoms. The first-order valence-electron chi connectivity index (χ1n) is 6.75. The minimum absolute atomic E-state index is 0.0896. The molecule has 0 saturated heterocycles. The van der Waals surface area contributed by atoms with Crippen molar-refractivity contribution in [2.24, 2.45) is 0 Å². The number of hydrogen-bond donors (Lipinski definition) is 0. The number of amides is 1. The molecule has 0 N–H and O–H groups in total. The lowest BCUT2D eigenvalue weighted by atomic mass is 10.1. The molecule has 112 valence electrons. The zero-order valence-corrected chi connectivity index (χ0v) is 13.7. The Kier molecular flexibility index (Phi) is 3.85. The average Bonchev–Trinajstić information content (AvgIpc) is 2.70. The summed E-state index contributed by atoms with van der Waals surface area (Å²) in [5, 5.41) is 0.996. The molecular formula is C17H14Cl2N2O. The number of nitrogens with zero attached hydrogens (tertiary/aromatic N) is 2. The van der Waals surface area contributed by atoms with Crippen LogP contribution >= 0.6 is 23.2 Å². The lowest BCUT2D eigenvalue weighted by molar-refractivity contribution is -0.112. The Labute approximate surface area is 139 Å². The highest BCUT2D eigenvalue weighted by Gasteiger charge is 2.33. The van der Waals surface area contributed by atoms with E-state index in [1.165, 1.54) is 0 Å². The highest BCUT2D eigenvalue weighted by molar-refractivity contribution is 6.37. The van der Waals surface area contributed by atoms with Gasteiger partial charge in [0.15, 0.2) is 0 Å². The van der Waals surface area contributed by atoms with Gasteiger partial charge >= 0.3 is 0 Å². The number of hydrogen-bond acceptors (Lipinski definition) is 2. The van der Waals surface area contributed by atoms with Gasteiger partial charge in [0.25, 0.3) is 5.91 Å². The van der Waals surface area contributed by atoms with Crippen LogP contribution in [0.25, 0.3) is 5.57 Å². The molecule has 3 nitrogen and oxygen atoms in total. The molecule has 0 fully saturated rings. The van der Waals surface area contributed by atoms with Gasteiger partial charge in [0, 0.05) is 35.9 Å². The molecule has 1 aliphatic heterocycles. The maximum atomic E-state index is 12.9. The van der Waals surface area contributed by atoms with E-state index in [2.05, 4.69) is 0 Å². The molecular weight excluding hydrogens is 319 g/mol. The Bertz CT molecular complexity index is 764. The van der Waals surface area contributed by atoms with E-state index < -0.39 is 0 Å². The number of rotatable bonds is 2. The Balaban J connectivity index is 2.19. The highest BCUT2D eigenvalue weighted by Crippen LogP contribution is 2.42. The third kappa shape index (κ3) is 2.58. The number of fused-ring (bicyclic) bond motifs is 1. The van der Waals surface area contributed by atoms with E-state index in [9.17, 15) is 4.79 Å². The van der Waals surface area contributed by atoms with Gasteiger partial charge in [-0.2, -0.15) is 0 Å². The second-order valence-electron chi connectivity index (χ2n) is 5.29. The van der Waals surface area contributed by atoms with Crippen LogP contribution in [0.2, 0.25) is 10.0 Å². The normalized spacial score (nSPS) is 15.4. The molecule has 1 aliphatic rings. The minimum atomic E-state index is -0.0896. The molecule has 5 heteroatoms. The maximum absolute atomic E-state index is 12.9. The van der Waals surface area contributed by atoms with Crippen LogP contribution in [0, 0.1) is 0 Å². The predicted molar refractivity (Wildman–Crippen MR) is 91.7 cm³/mol. The molecule has 2 aromatic carbocycles. The topological polar surface area (TPSA) is 23.6 Å². The number of benzene rings is 2. The monoisotopic (exact) mass is 332 g/mol. The molecule has 0 bridgehead atoms. The summed E-state index contributed by atoms with van der Waals surface area (Å²) in [5.74, 6) is -0.0896. The Morgan fingerprint density at radius 3 is 2.32 bits per heavy atom. The smallest absolute Gasteiger partial charge is 0.265 e. The highest BCUT2D eigenvalue weighted by atomic mass is 35.5. The van der Waals surface area contributed by atoms with E-state index in [0.29, 0.717) is 21.3 Å². The lowest BCUT2D eigenvalue weighted by Gasteiger charge is -2.18. The number of anilines is 2. The van der Waals surface area contributed by atoms with Gasteiger partial charge in [-0.05, 0) is 24.3 Å². The molecule has 1 heterocycles. The lowest BCUT2D eigenvalue weighted by Crippen LogP contribution is -2.21. The first kappa shape index (κ1) is 14.9. The number of halogens is 2. The van der Waals surface area contributed by atoms with Crippen LogP contribution in [-0.4, -0.2) is 24.9 Å². The fraction of sp³-hybridized carbons (Fsp3) is 0.118. The van der Waals surface area contributed by atoms with Gasteiger partial charge in [0.05, 0.1) is 16.9 Å². The van der Waals surface area contributed by atoms with Gasteiger partial charge in [-0.15, -0.1) is 0 Å². The molecule has 0 aliphatic carbocycles. The van der Waals surface area contributed by atoms with Gasteiger partial charge in [-0.3, -0.25) is 9.69 Å². The first-order valence-corrected chi connectivity index (χ1v) is 7.51. The fourth-order valence-corrected chi connectivity index (χ4v) is 3.06. The summed E-state index contributed by atoms with van der Waals surface area (Å²) < 4.78 is 0. The molecule has 0 saturated carbocycles. The van der Waals surface area contributed by atoms with Crippen LogP contribution in [0.4, 0.5) is 11.4 Å². The van der Waals surface area contributed by atoms with Crippen LogP contribution in [0.15, 0.2) is 48.7 Å². The summed E-state index contributed by atoms with van der Waals surface area (Å²) in [4.78, 5) is 16.4. The van der Waals surface area contributed by atoms with Crippen molar-refractivity contribution in [3.8, 4) is 0 Å².